The minimum atomic E-state index is -0.303. The normalized spacial score (nSPS) is 11.0. The second-order valence-electron chi connectivity index (χ2n) is 6.34. The lowest BCUT2D eigenvalue weighted by molar-refractivity contribution is 0.102. The maximum atomic E-state index is 12.7. The van der Waals surface area contributed by atoms with Crippen LogP contribution < -0.4 is 11.4 Å². The fraction of sp³-hybridized carbons (Fsp3) is 0.0952. The van der Waals surface area contributed by atoms with Gasteiger partial charge >= 0.3 is 0 Å². The molecule has 0 bridgehead atoms. The smallest absolute Gasteiger partial charge is 0.290 e. The number of fused-ring (bicyclic) bond motifs is 1. The van der Waals surface area contributed by atoms with Crippen molar-refractivity contribution in [3.05, 3.63) is 82.1 Å². The number of aryl methyl sites for hydroxylation is 1. The summed E-state index contributed by atoms with van der Waals surface area (Å²) >= 11 is 2.54. The zero-order valence-corrected chi connectivity index (χ0v) is 16.7. The Balaban J connectivity index is 1.64. The van der Waals surface area contributed by atoms with Gasteiger partial charge in [-0.2, -0.15) is 0 Å². The van der Waals surface area contributed by atoms with Crippen molar-refractivity contribution in [3.8, 4) is 10.4 Å². The lowest BCUT2D eigenvalue weighted by atomic mass is 10.1. The van der Waals surface area contributed by atoms with E-state index >= 15 is 0 Å². The minimum absolute atomic E-state index is 0.0365. The number of aromatic nitrogens is 2. The molecule has 5 nitrogen and oxygen atoms in total. The van der Waals surface area contributed by atoms with Gasteiger partial charge in [0.15, 0.2) is 10.9 Å². The maximum Gasteiger partial charge on any atom is 0.290 e. The number of nitrogen functional groups attached to an aromatic ring is 1. The highest BCUT2D eigenvalue weighted by Crippen LogP contribution is 2.32. The summed E-state index contributed by atoms with van der Waals surface area (Å²) in [5.41, 5.74) is 3.13. The summed E-state index contributed by atoms with van der Waals surface area (Å²) in [7, 11) is 0. The van der Waals surface area contributed by atoms with Gasteiger partial charge in [-0.05, 0) is 18.6 Å². The number of carbonyl (C=O) groups is 1. The Morgan fingerprint density at radius 3 is 2.57 bits per heavy atom. The molecule has 2 heterocycles. The number of ketones is 1. The molecule has 0 radical (unpaired) electrons. The van der Waals surface area contributed by atoms with Gasteiger partial charge in [-0.1, -0.05) is 71.9 Å². The number of nitrogens with two attached hydrogens (primary N) is 1. The Morgan fingerprint density at radius 2 is 1.86 bits per heavy atom. The topological polar surface area (TPSA) is 78.0 Å². The molecule has 0 amide bonds. The molecule has 0 saturated heterocycles. The Kier molecular flexibility index (Phi) is 5.02. The van der Waals surface area contributed by atoms with Crippen LogP contribution in [0.1, 0.15) is 15.9 Å². The highest BCUT2D eigenvalue weighted by atomic mass is 32.2. The average Bonchev–Trinajstić information content (AvgIpc) is 3.15. The van der Waals surface area contributed by atoms with Crippen LogP contribution in [-0.4, -0.2) is 21.2 Å². The molecule has 0 aliphatic rings. The van der Waals surface area contributed by atoms with Gasteiger partial charge in [0.25, 0.3) is 5.56 Å². The molecule has 2 N–H and O–H groups in total. The van der Waals surface area contributed by atoms with Crippen molar-refractivity contribution in [1.82, 2.24) is 9.66 Å². The van der Waals surface area contributed by atoms with Crippen molar-refractivity contribution in [2.24, 2.45) is 0 Å². The van der Waals surface area contributed by atoms with Crippen LogP contribution in [0.3, 0.4) is 0 Å². The van der Waals surface area contributed by atoms with Crippen molar-refractivity contribution < 1.29 is 4.79 Å². The fourth-order valence-corrected chi connectivity index (χ4v) is 4.62. The van der Waals surface area contributed by atoms with Crippen LogP contribution >= 0.6 is 23.1 Å². The quantitative estimate of drug-likeness (QED) is 0.233. The first-order valence-corrected chi connectivity index (χ1v) is 10.4. The molecule has 0 aliphatic carbocycles. The van der Waals surface area contributed by atoms with Crippen molar-refractivity contribution in [2.45, 2.75) is 12.1 Å². The number of Topliss-reactive ketones (excluding diaryl/α,β-unsaturated/α-hetero) is 1. The predicted molar refractivity (Wildman–Crippen MR) is 116 cm³/mol. The molecule has 4 aromatic rings. The third-order valence-electron chi connectivity index (χ3n) is 4.31. The van der Waals surface area contributed by atoms with Crippen molar-refractivity contribution in [1.29, 1.82) is 0 Å². The molecule has 2 aromatic heterocycles. The molecule has 0 atom stereocenters. The second-order valence-corrected chi connectivity index (χ2v) is 8.33. The van der Waals surface area contributed by atoms with Crippen LogP contribution in [0.15, 0.2) is 70.6 Å². The first kappa shape index (κ1) is 18.5. The van der Waals surface area contributed by atoms with Crippen LogP contribution in [0.25, 0.3) is 20.7 Å². The van der Waals surface area contributed by atoms with Crippen molar-refractivity contribution in [3.63, 3.8) is 0 Å². The third kappa shape index (κ3) is 3.58. The van der Waals surface area contributed by atoms with Gasteiger partial charge in [0.2, 0.25) is 0 Å². The van der Waals surface area contributed by atoms with Crippen LogP contribution in [0.5, 0.6) is 0 Å². The van der Waals surface area contributed by atoms with Gasteiger partial charge in [-0.25, -0.2) is 9.66 Å². The third-order valence-corrected chi connectivity index (χ3v) is 6.43. The molecule has 0 unspecified atom stereocenters. The number of rotatable bonds is 5. The van der Waals surface area contributed by atoms with Gasteiger partial charge in [-0.15, -0.1) is 11.3 Å². The van der Waals surface area contributed by atoms with Crippen LogP contribution in [-0.2, 0) is 0 Å². The Bertz CT molecular complexity index is 1210. The molecule has 7 heteroatoms. The van der Waals surface area contributed by atoms with E-state index in [1.165, 1.54) is 28.7 Å². The molecular weight excluding hydrogens is 390 g/mol. The van der Waals surface area contributed by atoms with Gasteiger partial charge in [0.1, 0.15) is 4.70 Å². The standard InChI is InChI=1S/C21H17N3O2S2/c1-13-7-9-15(10-8-13)18-11-16-19(28-18)20(26)24(22)21(23-16)27-12-17(25)14-5-3-2-4-6-14/h2-11H,12,22H2,1H3. The number of nitrogens with zero attached hydrogens (tertiary/aromatic N) is 2. The number of hydrogen-bond acceptors (Lipinski definition) is 6. The van der Waals surface area contributed by atoms with E-state index < -0.39 is 0 Å². The van der Waals surface area contributed by atoms with E-state index in [1.807, 2.05) is 55.5 Å². The molecule has 2 aromatic carbocycles. The highest BCUT2D eigenvalue weighted by Gasteiger charge is 2.15. The first-order valence-electron chi connectivity index (χ1n) is 8.62. The predicted octanol–water partition coefficient (Wildman–Crippen LogP) is 4.12. The number of carbonyl (C=O) groups excluding carboxylic acids is 1. The molecule has 4 rings (SSSR count). The zero-order chi connectivity index (χ0) is 19.7. The van der Waals surface area contributed by atoms with E-state index in [1.54, 1.807) is 12.1 Å². The number of hydrogen-bond donors (Lipinski definition) is 1. The van der Waals surface area contributed by atoms with E-state index in [9.17, 15) is 9.59 Å². The summed E-state index contributed by atoms with van der Waals surface area (Å²) in [6, 6.07) is 19.0. The molecule has 28 heavy (non-hydrogen) atoms. The maximum absolute atomic E-state index is 12.7. The van der Waals surface area contributed by atoms with Crippen LogP contribution in [0.4, 0.5) is 0 Å². The average molecular weight is 408 g/mol. The Morgan fingerprint density at radius 1 is 1.14 bits per heavy atom. The zero-order valence-electron chi connectivity index (χ0n) is 15.1. The Labute approximate surface area is 169 Å². The van der Waals surface area contributed by atoms with Gasteiger partial charge in [-0.3, -0.25) is 9.59 Å². The van der Waals surface area contributed by atoms with Crippen molar-refractivity contribution >= 4 is 39.1 Å². The number of thioether (sulfide) groups is 1. The van der Waals surface area contributed by atoms with Gasteiger partial charge in [0.05, 0.1) is 11.3 Å². The lowest BCUT2D eigenvalue weighted by Crippen LogP contribution is -2.29. The van der Waals surface area contributed by atoms with Crippen LogP contribution in [0.2, 0.25) is 0 Å². The molecule has 0 aliphatic heterocycles. The summed E-state index contributed by atoms with van der Waals surface area (Å²) in [6.07, 6.45) is 0. The summed E-state index contributed by atoms with van der Waals surface area (Å²) in [5, 5.41) is 0.329. The van der Waals surface area contributed by atoms with E-state index in [4.69, 9.17) is 5.84 Å². The SMILES string of the molecule is Cc1ccc(-c2cc3nc(SCC(=O)c4ccccc4)n(N)c(=O)c3s2)cc1. The summed E-state index contributed by atoms with van der Waals surface area (Å²) in [4.78, 5) is 30.5. The number of thiophene rings is 1. The van der Waals surface area contributed by atoms with E-state index in [-0.39, 0.29) is 17.1 Å². The number of benzene rings is 2. The van der Waals surface area contributed by atoms with E-state index in [2.05, 4.69) is 4.98 Å². The largest absolute Gasteiger partial charge is 0.334 e. The second kappa shape index (κ2) is 7.61. The summed E-state index contributed by atoms with van der Waals surface area (Å²) in [6.45, 7) is 2.03. The molecule has 0 saturated carbocycles. The van der Waals surface area contributed by atoms with Crippen LogP contribution in [0, 0.1) is 6.92 Å². The summed E-state index contributed by atoms with van der Waals surface area (Å²) < 4.78 is 1.54. The monoisotopic (exact) mass is 407 g/mol. The first-order chi connectivity index (χ1) is 13.5. The van der Waals surface area contributed by atoms with E-state index in [0.717, 1.165) is 15.1 Å². The van der Waals surface area contributed by atoms with Gasteiger partial charge in [0, 0.05) is 10.4 Å². The highest BCUT2D eigenvalue weighted by molar-refractivity contribution is 7.99. The Hall–Kier alpha value is -2.90. The molecule has 0 fully saturated rings. The molecule has 140 valence electrons. The molecular formula is C21H17N3O2S2. The molecule has 0 spiro atoms. The minimum Gasteiger partial charge on any atom is -0.334 e. The lowest BCUT2D eigenvalue weighted by Gasteiger charge is -2.06. The van der Waals surface area contributed by atoms with Gasteiger partial charge < -0.3 is 5.84 Å². The fourth-order valence-electron chi connectivity index (χ4n) is 2.77. The van der Waals surface area contributed by atoms with E-state index in [0.29, 0.717) is 20.9 Å². The summed E-state index contributed by atoms with van der Waals surface area (Å²) in [5.74, 6) is 6.08. The van der Waals surface area contributed by atoms with Crippen molar-refractivity contribution in [2.75, 3.05) is 11.6 Å².